The van der Waals surface area contributed by atoms with Crippen LogP contribution in [-0.2, 0) is 12.0 Å². The Bertz CT molecular complexity index is 673. The molecule has 1 heterocycles. The summed E-state index contributed by atoms with van der Waals surface area (Å²) >= 11 is 1.69. The second-order valence-corrected chi connectivity index (χ2v) is 7.32. The van der Waals surface area contributed by atoms with Crippen molar-refractivity contribution in [2.24, 2.45) is 4.99 Å². The monoisotopic (exact) mass is 328 g/mol. The second kappa shape index (κ2) is 6.71. The van der Waals surface area contributed by atoms with Gasteiger partial charge in [0.1, 0.15) is 0 Å². The highest BCUT2D eigenvalue weighted by atomic mass is 32.1. The van der Waals surface area contributed by atoms with Gasteiger partial charge in [-0.15, -0.1) is 11.3 Å². The summed E-state index contributed by atoms with van der Waals surface area (Å²) < 4.78 is 0. The Kier molecular flexibility index (Phi) is 4.66. The molecule has 0 atom stereocenters. The van der Waals surface area contributed by atoms with Gasteiger partial charge in [-0.1, -0.05) is 30.3 Å². The Labute approximate surface area is 142 Å². The quantitative estimate of drug-likeness (QED) is 0.677. The number of hydrogen-bond donors (Lipinski definition) is 1. The SMILES string of the molecule is CN=C(NCC1(c2ccccc2)CC1)N(C)Cc1csc(C)n1. The van der Waals surface area contributed by atoms with E-state index in [0.29, 0.717) is 0 Å². The number of nitrogens with zero attached hydrogens (tertiary/aromatic N) is 3. The number of aromatic nitrogens is 1. The number of aryl methyl sites for hydroxylation is 1. The van der Waals surface area contributed by atoms with Crippen LogP contribution in [-0.4, -0.2) is 36.5 Å². The lowest BCUT2D eigenvalue weighted by molar-refractivity contribution is 0.464. The first-order valence-electron chi connectivity index (χ1n) is 8.01. The number of rotatable bonds is 5. The van der Waals surface area contributed by atoms with E-state index in [1.807, 2.05) is 14.0 Å². The average Bonchev–Trinajstić information content (AvgIpc) is 3.25. The molecule has 2 aromatic rings. The van der Waals surface area contributed by atoms with Crippen LogP contribution < -0.4 is 5.32 Å². The minimum absolute atomic E-state index is 0.287. The second-order valence-electron chi connectivity index (χ2n) is 6.26. The Morgan fingerprint density at radius 3 is 2.65 bits per heavy atom. The van der Waals surface area contributed by atoms with Crippen LogP contribution in [0.1, 0.15) is 29.1 Å². The fourth-order valence-corrected chi connectivity index (χ4v) is 3.55. The summed E-state index contributed by atoms with van der Waals surface area (Å²) in [4.78, 5) is 11.1. The number of benzene rings is 1. The third kappa shape index (κ3) is 3.72. The molecule has 1 fully saturated rings. The van der Waals surface area contributed by atoms with Crippen molar-refractivity contribution < 1.29 is 0 Å². The summed E-state index contributed by atoms with van der Waals surface area (Å²) in [5.41, 5.74) is 2.82. The maximum absolute atomic E-state index is 4.53. The van der Waals surface area contributed by atoms with E-state index >= 15 is 0 Å². The summed E-state index contributed by atoms with van der Waals surface area (Å²) in [6.45, 7) is 3.75. The molecule has 1 aliphatic carbocycles. The molecule has 1 aliphatic rings. The molecule has 5 heteroatoms. The van der Waals surface area contributed by atoms with Gasteiger partial charge in [-0.25, -0.2) is 4.98 Å². The van der Waals surface area contributed by atoms with Gasteiger partial charge in [-0.05, 0) is 25.3 Å². The lowest BCUT2D eigenvalue weighted by Gasteiger charge is -2.24. The molecule has 0 aliphatic heterocycles. The predicted molar refractivity (Wildman–Crippen MR) is 97.0 cm³/mol. The van der Waals surface area contributed by atoms with Crippen LogP contribution >= 0.6 is 11.3 Å². The van der Waals surface area contributed by atoms with E-state index in [9.17, 15) is 0 Å². The molecule has 1 N–H and O–H groups in total. The third-order valence-corrected chi connectivity index (χ3v) is 5.29. The lowest BCUT2D eigenvalue weighted by Crippen LogP contribution is -2.42. The number of thiazole rings is 1. The molecule has 0 bridgehead atoms. The maximum Gasteiger partial charge on any atom is 0.193 e. The van der Waals surface area contributed by atoms with Crippen LogP contribution in [0.3, 0.4) is 0 Å². The Morgan fingerprint density at radius 2 is 2.09 bits per heavy atom. The molecule has 0 radical (unpaired) electrons. The van der Waals surface area contributed by atoms with Crippen molar-refractivity contribution >= 4 is 17.3 Å². The van der Waals surface area contributed by atoms with Crippen molar-refractivity contribution in [3.8, 4) is 0 Å². The molecule has 122 valence electrons. The third-order valence-electron chi connectivity index (χ3n) is 4.46. The topological polar surface area (TPSA) is 40.5 Å². The Morgan fingerprint density at radius 1 is 1.35 bits per heavy atom. The van der Waals surface area contributed by atoms with Gasteiger partial charge in [0.05, 0.1) is 17.2 Å². The number of hydrogen-bond acceptors (Lipinski definition) is 3. The van der Waals surface area contributed by atoms with Gasteiger partial charge in [0, 0.05) is 31.4 Å². The maximum atomic E-state index is 4.53. The largest absolute Gasteiger partial charge is 0.355 e. The van der Waals surface area contributed by atoms with Crippen molar-refractivity contribution in [2.75, 3.05) is 20.6 Å². The Balaban J connectivity index is 1.60. The van der Waals surface area contributed by atoms with Gasteiger partial charge >= 0.3 is 0 Å². The molecule has 23 heavy (non-hydrogen) atoms. The molecule has 4 nitrogen and oxygen atoms in total. The van der Waals surface area contributed by atoms with Crippen molar-refractivity contribution in [2.45, 2.75) is 31.7 Å². The fraction of sp³-hybridized carbons (Fsp3) is 0.444. The first kappa shape index (κ1) is 16.0. The van der Waals surface area contributed by atoms with Gasteiger partial charge in [0.25, 0.3) is 0 Å². The molecule has 1 aromatic carbocycles. The standard InChI is InChI=1S/C18H24N4S/c1-14-21-16(12-23-14)11-22(3)17(19-2)20-13-18(9-10-18)15-7-5-4-6-8-15/h4-8,12H,9-11,13H2,1-3H3,(H,19,20). The summed E-state index contributed by atoms with van der Waals surface area (Å²) in [6.07, 6.45) is 2.49. The van der Waals surface area contributed by atoms with E-state index < -0.39 is 0 Å². The first-order chi connectivity index (χ1) is 11.1. The van der Waals surface area contributed by atoms with Crippen LogP contribution in [0.2, 0.25) is 0 Å². The predicted octanol–water partition coefficient (Wildman–Crippen LogP) is 3.19. The molecule has 1 saturated carbocycles. The van der Waals surface area contributed by atoms with Gasteiger partial charge in [-0.2, -0.15) is 0 Å². The smallest absolute Gasteiger partial charge is 0.193 e. The van der Waals surface area contributed by atoms with Gasteiger partial charge in [0.2, 0.25) is 0 Å². The van der Waals surface area contributed by atoms with E-state index in [1.54, 1.807) is 11.3 Å². The highest BCUT2D eigenvalue weighted by molar-refractivity contribution is 7.09. The molecule has 0 spiro atoms. The zero-order valence-corrected chi connectivity index (χ0v) is 14.9. The molecule has 0 amide bonds. The molecule has 0 unspecified atom stereocenters. The van der Waals surface area contributed by atoms with Crippen LogP contribution in [0.15, 0.2) is 40.7 Å². The van der Waals surface area contributed by atoms with E-state index in [0.717, 1.165) is 29.8 Å². The zero-order valence-electron chi connectivity index (χ0n) is 14.0. The average molecular weight is 328 g/mol. The Hall–Kier alpha value is -1.88. The highest BCUT2D eigenvalue weighted by Gasteiger charge is 2.44. The first-order valence-corrected chi connectivity index (χ1v) is 8.89. The van der Waals surface area contributed by atoms with E-state index in [1.165, 1.54) is 18.4 Å². The van der Waals surface area contributed by atoms with Crippen LogP contribution in [0.5, 0.6) is 0 Å². The molecule has 0 saturated heterocycles. The van der Waals surface area contributed by atoms with Crippen LogP contribution in [0.25, 0.3) is 0 Å². The van der Waals surface area contributed by atoms with Crippen molar-refractivity contribution in [3.05, 3.63) is 52.0 Å². The minimum Gasteiger partial charge on any atom is -0.355 e. The van der Waals surface area contributed by atoms with E-state index in [-0.39, 0.29) is 5.41 Å². The van der Waals surface area contributed by atoms with Crippen LogP contribution in [0, 0.1) is 6.92 Å². The fourth-order valence-electron chi connectivity index (χ4n) is 2.94. The van der Waals surface area contributed by atoms with Crippen molar-refractivity contribution in [3.63, 3.8) is 0 Å². The minimum atomic E-state index is 0.287. The summed E-state index contributed by atoms with van der Waals surface area (Å²) in [5.74, 6) is 0.929. The molecule has 3 rings (SSSR count). The molecule has 1 aromatic heterocycles. The van der Waals surface area contributed by atoms with E-state index in [2.05, 4.69) is 63.0 Å². The number of nitrogens with one attached hydrogen (secondary N) is 1. The summed E-state index contributed by atoms with van der Waals surface area (Å²) in [5, 5.41) is 6.77. The van der Waals surface area contributed by atoms with Gasteiger partial charge < -0.3 is 10.2 Å². The van der Waals surface area contributed by atoms with Crippen molar-refractivity contribution in [1.82, 2.24) is 15.2 Å². The number of aliphatic imine (C=N–C) groups is 1. The normalized spacial score (nSPS) is 16.2. The van der Waals surface area contributed by atoms with Crippen molar-refractivity contribution in [1.29, 1.82) is 0 Å². The summed E-state index contributed by atoms with van der Waals surface area (Å²) in [7, 11) is 3.90. The van der Waals surface area contributed by atoms with Crippen LogP contribution in [0.4, 0.5) is 0 Å². The zero-order chi connectivity index (χ0) is 16.3. The summed E-state index contributed by atoms with van der Waals surface area (Å²) in [6, 6.07) is 10.8. The van der Waals surface area contributed by atoms with Gasteiger partial charge in [-0.3, -0.25) is 4.99 Å². The number of guanidine groups is 1. The molecular formula is C18H24N4S. The highest BCUT2D eigenvalue weighted by Crippen LogP contribution is 2.47. The lowest BCUT2D eigenvalue weighted by atomic mass is 9.96. The van der Waals surface area contributed by atoms with Gasteiger partial charge in [0.15, 0.2) is 5.96 Å². The molecular weight excluding hydrogens is 304 g/mol. The van der Waals surface area contributed by atoms with E-state index in [4.69, 9.17) is 0 Å².